The van der Waals surface area contributed by atoms with Crippen molar-refractivity contribution in [2.24, 2.45) is 5.92 Å². The molecule has 0 radical (unpaired) electrons. The summed E-state index contributed by atoms with van der Waals surface area (Å²) in [6, 6.07) is 4.58. The number of anilines is 1. The molecule has 1 aromatic heterocycles. The van der Waals surface area contributed by atoms with Gasteiger partial charge in [-0.05, 0) is 30.5 Å². The molecular weight excluding hydrogens is 364 g/mol. The van der Waals surface area contributed by atoms with Crippen LogP contribution in [0.4, 0.5) is 5.13 Å². The van der Waals surface area contributed by atoms with Crippen molar-refractivity contribution in [3.63, 3.8) is 0 Å². The molecule has 0 fully saturated rings. The number of carbonyl (C=O) groups is 3. The lowest BCUT2D eigenvalue weighted by Crippen LogP contribution is -2.30. The Morgan fingerprint density at radius 2 is 1.93 bits per heavy atom. The van der Waals surface area contributed by atoms with Gasteiger partial charge in [-0.2, -0.15) is 0 Å². The Kier molecular flexibility index (Phi) is 5.65. The summed E-state index contributed by atoms with van der Waals surface area (Å²) >= 11 is 1.34. The third kappa shape index (κ3) is 4.05. The molecule has 3 rings (SSSR count). The van der Waals surface area contributed by atoms with Gasteiger partial charge in [-0.25, -0.2) is 0 Å². The molecule has 142 valence electrons. The number of nitrogens with zero attached hydrogens (tertiary/aromatic N) is 3. The number of rotatable bonds is 7. The Bertz CT molecular complexity index is 891. The number of amides is 3. The van der Waals surface area contributed by atoms with E-state index < -0.39 is 0 Å². The van der Waals surface area contributed by atoms with E-state index in [0.717, 1.165) is 24.3 Å². The molecule has 0 unspecified atom stereocenters. The molecule has 7 nitrogen and oxygen atoms in total. The smallest absolute Gasteiger partial charge is 0.261 e. The summed E-state index contributed by atoms with van der Waals surface area (Å²) in [6.07, 6.45) is 2.45. The topological polar surface area (TPSA) is 92.3 Å². The fourth-order valence-corrected chi connectivity index (χ4v) is 3.80. The normalized spacial score (nSPS) is 13.4. The maximum atomic E-state index is 12.5. The summed E-state index contributed by atoms with van der Waals surface area (Å²) in [5.74, 6) is -0.555. The van der Waals surface area contributed by atoms with Crippen LogP contribution in [-0.4, -0.2) is 39.4 Å². The quantitative estimate of drug-likeness (QED) is 0.737. The predicted molar refractivity (Wildman–Crippen MR) is 103 cm³/mol. The van der Waals surface area contributed by atoms with Gasteiger partial charge in [-0.15, -0.1) is 10.2 Å². The standard InChI is InChI=1S/C19H22N4O3S/c1-4-5-8-23-17(25)13-7-6-12(10-14(13)18(23)26)16(24)20-19-22-21-15(27-19)9-11(2)3/h6-7,10-11H,4-5,8-9H2,1-3H3,(H,20,22,24). The molecule has 1 aromatic carbocycles. The van der Waals surface area contributed by atoms with Gasteiger partial charge in [0.15, 0.2) is 0 Å². The summed E-state index contributed by atoms with van der Waals surface area (Å²) in [4.78, 5) is 38.6. The number of hydrogen-bond donors (Lipinski definition) is 1. The highest BCUT2D eigenvalue weighted by Crippen LogP contribution is 2.25. The van der Waals surface area contributed by atoms with E-state index >= 15 is 0 Å². The lowest BCUT2D eigenvalue weighted by atomic mass is 10.1. The minimum Gasteiger partial charge on any atom is -0.296 e. The first-order valence-electron chi connectivity index (χ1n) is 9.04. The molecule has 2 aromatic rings. The molecule has 1 aliphatic rings. The molecule has 0 saturated heterocycles. The van der Waals surface area contributed by atoms with Gasteiger partial charge in [0.2, 0.25) is 5.13 Å². The van der Waals surface area contributed by atoms with E-state index in [9.17, 15) is 14.4 Å². The molecule has 3 amide bonds. The van der Waals surface area contributed by atoms with E-state index in [4.69, 9.17) is 0 Å². The zero-order valence-corrected chi connectivity index (χ0v) is 16.4. The average molecular weight is 386 g/mol. The van der Waals surface area contributed by atoms with Gasteiger partial charge < -0.3 is 0 Å². The summed E-state index contributed by atoms with van der Waals surface area (Å²) in [5.41, 5.74) is 0.942. The second-order valence-electron chi connectivity index (χ2n) is 6.93. The summed E-state index contributed by atoms with van der Waals surface area (Å²) in [7, 11) is 0. The molecule has 0 spiro atoms. The third-order valence-electron chi connectivity index (χ3n) is 4.24. The van der Waals surface area contributed by atoms with E-state index in [-0.39, 0.29) is 23.3 Å². The van der Waals surface area contributed by atoms with E-state index in [0.29, 0.717) is 28.7 Å². The first-order chi connectivity index (χ1) is 12.9. The number of fused-ring (bicyclic) bond motifs is 1. The van der Waals surface area contributed by atoms with Crippen LogP contribution in [0, 0.1) is 5.92 Å². The van der Waals surface area contributed by atoms with Crippen LogP contribution in [0.25, 0.3) is 0 Å². The van der Waals surface area contributed by atoms with Crippen molar-refractivity contribution >= 4 is 34.2 Å². The molecule has 2 heterocycles. The number of imide groups is 1. The van der Waals surface area contributed by atoms with Crippen LogP contribution in [0.2, 0.25) is 0 Å². The SMILES string of the molecule is CCCCN1C(=O)c2ccc(C(=O)Nc3nnc(CC(C)C)s3)cc2C1=O. The Labute approximate surface area is 161 Å². The maximum Gasteiger partial charge on any atom is 0.261 e. The van der Waals surface area contributed by atoms with E-state index in [1.165, 1.54) is 22.3 Å². The zero-order chi connectivity index (χ0) is 19.6. The van der Waals surface area contributed by atoms with E-state index in [2.05, 4.69) is 29.4 Å². The van der Waals surface area contributed by atoms with E-state index in [1.807, 2.05) is 6.92 Å². The van der Waals surface area contributed by atoms with Gasteiger partial charge in [0, 0.05) is 18.5 Å². The number of benzene rings is 1. The highest BCUT2D eigenvalue weighted by atomic mass is 32.1. The second kappa shape index (κ2) is 7.96. The highest BCUT2D eigenvalue weighted by Gasteiger charge is 2.35. The van der Waals surface area contributed by atoms with Crippen molar-refractivity contribution in [3.8, 4) is 0 Å². The largest absolute Gasteiger partial charge is 0.296 e. The van der Waals surface area contributed by atoms with E-state index in [1.54, 1.807) is 12.1 Å². The lowest BCUT2D eigenvalue weighted by Gasteiger charge is -2.12. The molecule has 0 bridgehead atoms. The number of hydrogen-bond acceptors (Lipinski definition) is 6. The molecule has 8 heteroatoms. The molecule has 0 saturated carbocycles. The Hall–Kier alpha value is -2.61. The van der Waals surface area contributed by atoms with Crippen molar-refractivity contribution in [1.82, 2.24) is 15.1 Å². The summed E-state index contributed by atoms with van der Waals surface area (Å²) in [5, 5.41) is 12.0. The number of carbonyl (C=O) groups excluding carboxylic acids is 3. The number of aromatic nitrogens is 2. The molecule has 1 N–H and O–H groups in total. The second-order valence-corrected chi connectivity index (χ2v) is 7.99. The Morgan fingerprint density at radius 1 is 1.19 bits per heavy atom. The van der Waals surface area contributed by atoms with Gasteiger partial charge in [0.25, 0.3) is 17.7 Å². The first-order valence-corrected chi connectivity index (χ1v) is 9.86. The monoisotopic (exact) mass is 386 g/mol. The molecule has 1 aliphatic heterocycles. The zero-order valence-electron chi connectivity index (χ0n) is 15.6. The maximum absolute atomic E-state index is 12.5. The summed E-state index contributed by atoms with van der Waals surface area (Å²) in [6.45, 7) is 6.58. The van der Waals surface area contributed by atoms with Crippen LogP contribution in [0.3, 0.4) is 0 Å². The molecule has 0 aliphatic carbocycles. The minimum absolute atomic E-state index is 0.279. The van der Waals surface area contributed by atoms with Crippen LogP contribution in [0.1, 0.15) is 69.7 Å². The predicted octanol–water partition coefficient (Wildman–Crippen LogP) is 3.39. The third-order valence-corrected chi connectivity index (χ3v) is 5.10. The van der Waals surface area contributed by atoms with Crippen molar-refractivity contribution in [2.45, 2.75) is 40.0 Å². The Balaban J connectivity index is 1.75. The lowest BCUT2D eigenvalue weighted by molar-refractivity contribution is 0.0652. The first kappa shape index (κ1) is 19.2. The summed E-state index contributed by atoms with van der Waals surface area (Å²) < 4.78 is 0. The van der Waals surface area contributed by atoms with Crippen LogP contribution in [0.5, 0.6) is 0 Å². The van der Waals surface area contributed by atoms with Crippen LogP contribution < -0.4 is 5.32 Å². The van der Waals surface area contributed by atoms with Crippen LogP contribution in [0.15, 0.2) is 18.2 Å². The fraction of sp³-hybridized carbons (Fsp3) is 0.421. The Morgan fingerprint density at radius 3 is 2.63 bits per heavy atom. The van der Waals surface area contributed by atoms with Crippen LogP contribution >= 0.6 is 11.3 Å². The van der Waals surface area contributed by atoms with Gasteiger partial charge in [-0.3, -0.25) is 24.6 Å². The van der Waals surface area contributed by atoms with Gasteiger partial charge >= 0.3 is 0 Å². The number of unbranched alkanes of at least 4 members (excludes halogenated alkanes) is 1. The van der Waals surface area contributed by atoms with Crippen molar-refractivity contribution in [3.05, 3.63) is 39.9 Å². The molecule has 0 atom stereocenters. The average Bonchev–Trinajstić information content (AvgIpc) is 3.15. The minimum atomic E-state index is -0.377. The number of nitrogens with one attached hydrogen (secondary N) is 1. The van der Waals surface area contributed by atoms with Crippen molar-refractivity contribution < 1.29 is 14.4 Å². The molecular formula is C19H22N4O3S. The highest BCUT2D eigenvalue weighted by molar-refractivity contribution is 7.15. The van der Waals surface area contributed by atoms with Gasteiger partial charge in [0.05, 0.1) is 11.1 Å². The van der Waals surface area contributed by atoms with Gasteiger partial charge in [0.1, 0.15) is 5.01 Å². The van der Waals surface area contributed by atoms with Crippen molar-refractivity contribution in [1.29, 1.82) is 0 Å². The van der Waals surface area contributed by atoms with Gasteiger partial charge in [-0.1, -0.05) is 38.5 Å². The van der Waals surface area contributed by atoms with Crippen LogP contribution in [-0.2, 0) is 6.42 Å². The molecule has 27 heavy (non-hydrogen) atoms. The fourth-order valence-electron chi connectivity index (χ4n) is 2.86. The van der Waals surface area contributed by atoms with Crippen molar-refractivity contribution in [2.75, 3.05) is 11.9 Å².